The Morgan fingerprint density at radius 1 is 1.21 bits per heavy atom. The summed E-state index contributed by atoms with van der Waals surface area (Å²) in [5.74, 6) is 0.237. The highest BCUT2D eigenvalue weighted by Crippen LogP contribution is 1.90. The zero-order chi connectivity index (χ0) is 9.80. The van der Waals surface area contributed by atoms with Gasteiger partial charge in [-0.1, -0.05) is 0 Å². The van der Waals surface area contributed by atoms with Gasteiger partial charge in [0, 0.05) is 24.8 Å². The van der Waals surface area contributed by atoms with Crippen molar-refractivity contribution in [2.45, 2.75) is 0 Å². The van der Waals surface area contributed by atoms with Gasteiger partial charge in [0.25, 0.3) is 0 Å². The minimum absolute atomic E-state index is 0.237. The van der Waals surface area contributed by atoms with Gasteiger partial charge in [-0.2, -0.15) is 5.26 Å². The molecule has 0 saturated heterocycles. The van der Waals surface area contributed by atoms with Crippen LogP contribution in [0.4, 0.5) is 0 Å². The topological polar surface area (TPSA) is 71.8 Å². The van der Waals surface area contributed by atoms with Crippen molar-refractivity contribution in [3.8, 4) is 6.07 Å². The lowest BCUT2D eigenvalue weighted by atomic mass is 10.6. The Labute approximate surface area is 79.8 Å². The highest BCUT2D eigenvalue weighted by Gasteiger charge is 1.99. The van der Waals surface area contributed by atoms with E-state index in [1.807, 2.05) is 6.07 Å². The highest BCUT2D eigenvalue weighted by molar-refractivity contribution is 5.97. The van der Waals surface area contributed by atoms with Crippen molar-refractivity contribution in [2.75, 3.05) is 0 Å². The summed E-state index contributed by atoms with van der Waals surface area (Å²) in [5, 5.41) is 12.8. The molecule has 0 N–H and O–H groups in total. The van der Waals surface area contributed by atoms with Crippen molar-refractivity contribution >= 4 is 5.84 Å². The van der Waals surface area contributed by atoms with Crippen LogP contribution in [0.5, 0.6) is 0 Å². The molecule has 0 amide bonds. The Balaban J connectivity index is 2.37. The predicted molar refractivity (Wildman–Crippen MR) is 48.3 cm³/mol. The first-order valence-electron chi connectivity index (χ1n) is 3.85. The van der Waals surface area contributed by atoms with E-state index >= 15 is 0 Å². The molecule has 2 rings (SSSR count). The van der Waals surface area contributed by atoms with Crippen LogP contribution < -0.4 is 0 Å². The molecule has 0 aliphatic heterocycles. The Morgan fingerprint density at radius 2 is 2.00 bits per heavy atom. The summed E-state index contributed by atoms with van der Waals surface area (Å²) >= 11 is 0. The number of hydrogen-bond donors (Lipinski definition) is 0. The molecule has 0 atom stereocenters. The largest absolute Gasteiger partial charge is 0.280 e. The van der Waals surface area contributed by atoms with E-state index in [2.05, 4.69) is 15.1 Å². The van der Waals surface area contributed by atoms with E-state index in [-0.39, 0.29) is 5.84 Å². The molecular formula is C8H6N6. The van der Waals surface area contributed by atoms with Crippen LogP contribution in [0.3, 0.4) is 0 Å². The number of aromatic nitrogens is 4. The van der Waals surface area contributed by atoms with Crippen molar-refractivity contribution in [1.29, 1.82) is 5.26 Å². The molecule has 0 spiro atoms. The fourth-order valence-electron chi connectivity index (χ4n) is 0.937. The molecule has 0 radical (unpaired) electrons. The second-order valence-electron chi connectivity index (χ2n) is 2.45. The first-order valence-corrected chi connectivity index (χ1v) is 3.85. The SMILES string of the molecule is N#CC(=Nn1ccnc1)n1ccnc1. The smallest absolute Gasteiger partial charge is 0.237 e. The van der Waals surface area contributed by atoms with Crippen molar-refractivity contribution < 1.29 is 0 Å². The first kappa shape index (κ1) is 8.19. The van der Waals surface area contributed by atoms with Gasteiger partial charge in [-0.25, -0.2) is 14.6 Å². The lowest BCUT2D eigenvalue weighted by molar-refractivity contribution is 0.862. The van der Waals surface area contributed by atoms with Crippen LogP contribution in [0.25, 0.3) is 0 Å². The van der Waals surface area contributed by atoms with Crippen molar-refractivity contribution in [2.24, 2.45) is 5.10 Å². The van der Waals surface area contributed by atoms with Crippen molar-refractivity contribution in [3.05, 3.63) is 37.4 Å². The summed E-state index contributed by atoms with van der Waals surface area (Å²) in [6.07, 6.45) is 9.49. The van der Waals surface area contributed by atoms with E-state index in [1.165, 1.54) is 21.9 Å². The Hall–Kier alpha value is -2.42. The van der Waals surface area contributed by atoms with E-state index in [0.29, 0.717) is 0 Å². The fraction of sp³-hybridized carbons (Fsp3) is 0. The molecule has 2 heterocycles. The van der Waals surface area contributed by atoms with Crippen LogP contribution in [0.15, 0.2) is 42.5 Å². The summed E-state index contributed by atoms with van der Waals surface area (Å²) in [5.41, 5.74) is 0. The van der Waals surface area contributed by atoms with Crippen LogP contribution in [0.2, 0.25) is 0 Å². The third-order valence-corrected chi connectivity index (χ3v) is 1.55. The molecular weight excluding hydrogens is 180 g/mol. The van der Waals surface area contributed by atoms with Gasteiger partial charge in [-0.15, -0.1) is 5.10 Å². The van der Waals surface area contributed by atoms with Crippen LogP contribution >= 0.6 is 0 Å². The molecule has 0 aliphatic rings. The maximum Gasteiger partial charge on any atom is 0.237 e. The number of rotatable bonds is 1. The van der Waals surface area contributed by atoms with Gasteiger partial charge >= 0.3 is 0 Å². The maximum absolute atomic E-state index is 8.83. The number of nitrogens with zero attached hydrogens (tertiary/aromatic N) is 6. The molecule has 2 aromatic heterocycles. The van der Waals surface area contributed by atoms with Gasteiger partial charge in [0.05, 0.1) is 0 Å². The second kappa shape index (κ2) is 3.53. The first-order chi connectivity index (χ1) is 6.90. The van der Waals surface area contributed by atoms with E-state index in [4.69, 9.17) is 5.26 Å². The third-order valence-electron chi connectivity index (χ3n) is 1.55. The van der Waals surface area contributed by atoms with Crippen LogP contribution in [0.1, 0.15) is 0 Å². The Morgan fingerprint density at radius 3 is 2.57 bits per heavy atom. The van der Waals surface area contributed by atoms with Crippen molar-refractivity contribution in [1.82, 2.24) is 19.2 Å². The summed E-state index contributed by atoms with van der Waals surface area (Å²) < 4.78 is 2.98. The second-order valence-corrected chi connectivity index (χ2v) is 2.45. The number of nitriles is 1. The molecule has 14 heavy (non-hydrogen) atoms. The summed E-state index contributed by atoms with van der Waals surface area (Å²) in [6.45, 7) is 0. The molecule has 6 nitrogen and oxygen atoms in total. The third kappa shape index (κ3) is 1.51. The molecule has 0 bridgehead atoms. The molecule has 0 aromatic carbocycles. The van der Waals surface area contributed by atoms with Gasteiger partial charge in [-0.3, -0.25) is 4.57 Å². The quantitative estimate of drug-likeness (QED) is 0.475. The zero-order valence-corrected chi connectivity index (χ0v) is 7.15. The Bertz CT molecular complexity index is 458. The van der Waals surface area contributed by atoms with Gasteiger partial charge in [-0.05, 0) is 0 Å². The molecule has 2 aromatic rings. The minimum atomic E-state index is 0.237. The molecule has 0 unspecified atom stereocenters. The monoisotopic (exact) mass is 186 g/mol. The maximum atomic E-state index is 8.83. The molecule has 0 fully saturated rings. The highest BCUT2D eigenvalue weighted by atomic mass is 15.4. The molecule has 68 valence electrons. The summed E-state index contributed by atoms with van der Waals surface area (Å²) in [7, 11) is 0. The molecule has 0 saturated carbocycles. The van der Waals surface area contributed by atoms with Crippen LogP contribution in [0, 0.1) is 11.3 Å². The van der Waals surface area contributed by atoms with Crippen LogP contribution in [-0.4, -0.2) is 25.0 Å². The van der Waals surface area contributed by atoms with Crippen molar-refractivity contribution in [3.63, 3.8) is 0 Å². The van der Waals surface area contributed by atoms with Gasteiger partial charge in [0.15, 0.2) is 0 Å². The van der Waals surface area contributed by atoms with Gasteiger partial charge in [0.2, 0.25) is 5.84 Å². The lowest BCUT2D eigenvalue weighted by Gasteiger charge is -1.96. The zero-order valence-electron chi connectivity index (χ0n) is 7.15. The van der Waals surface area contributed by atoms with E-state index in [0.717, 1.165) is 0 Å². The standard InChI is InChI=1S/C8H6N6/c9-5-8(13-3-1-10-6-13)12-14-4-2-11-7-14/h1-4,6-7H. The predicted octanol–water partition coefficient (Wildman–Crippen LogP) is 0.313. The number of hydrogen-bond acceptors (Lipinski definition) is 4. The summed E-state index contributed by atoms with van der Waals surface area (Å²) in [4.78, 5) is 7.64. The number of imidazole rings is 2. The average molecular weight is 186 g/mol. The van der Waals surface area contributed by atoms with E-state index in [9.17, 15) is 0 Å². The van der Waals surface area contributed by atoms with E-state index in [1.54, 1.807) is 24.8 Å². The van der Waals surface area contributed by atoms with E-state index < -0.39 is 0 Å². The van der Waals surface area contributed by atoms with Crippen LogP contribution in [-0.2, 0) is 0 Å². The van der Waals surface area contributed by atoms with Gasteiger partial charge in [0.1, 0.15) is 18.7 Å². The average Bonchev–Trinajstić information content (AvgIpc) is 2.86. The normalized spacial score (nSPS) is 11.2. The molecule has 0 aliphatic carbocycles. The fourth-order valence-corrected chi connectivity index (χ4v) is 0.937. The summed E-state index contributed by atoms with van der Waals surface area (Å²) in [6, 6.07) is 1.97. The minimum Gasteiger partial charge on any atom is -0.280 e. The Kier molecular flexibility index (Phi) is 2.07. The van der Waals surface area contributed by atoms with Gasteiger partial charge < -0.3 is 0 Å². The lowest BCUT2D eigenvalue weighted by Crippen LogP contribution is -2.08. The molecule has 6 heteroatoms.